The molecule has 0 bridgehead atoms. The summed E-state index contributed by atoms with van der Waals surface area (Å²) in [6.45, 7) is 4.80. The number of nitrogens with one attached hydrogen (secondary N) is 2. The average Bonchev–Trinajstić information content (AvgIpc) is 3.03. The molecular formula is C21H23N3O5S. The number of aryl methyl sites for hydroxylation is 1. The van der Waals surface area contributed by atoms with Crippen molar-refractivity contribution in [1.29, 1.82) is 0 Å². The van der Waals surface area contributed by atoms with Crippen molar-refractivity contribution in [2.45, 2.75) is 17.9 Å². The Balaban J connectivity index is 1.56. The third-order valence-electron chi connectivity index (χ3n) is 5.43. The minimum atomic E-state index is -3.87. The van der Waals surface area contributed by atoms with Gasteiger partial charge in [0.2, 0.25) is 10.0 Å². The van der Waals surface area contributed by atoms with Gasteiger partial charge in [0.05, 0.1) is 29.2 Å². The fraction of sp³-hybridized carbons (Fsp3) is 0.333. The number of sulfonamides is 1. The van der Waals surface area contributed by atoms with Gasteiger partial charge in [0.1, 0.15) is 0 Å². The van der Waals surface area contributed by atoms with Gasteiger partial charge in [0.25, 0.3) is 11.8 Å². The van der Waals surface area contributed by atoms with Crippen LogP contribution >= 0.6 is 0 Å². The Bertz CT molecular complexity index is 1080. The maximum Gasteiger partial charge on any atom is 0.258 e. The first-order valence-electron chi connectivity index (χ1n) is 9.73. The number of hydrogen-bond acceptors (Lipinski definition) is 6. The Morgan fingerprint density at radius 1 is 1.03 bits per heavy atom. The number of fused-ring (bicyclic) bond motifs is 1. The molecule has 2 aliphatic heterocycles. The van der Waals surface area contributed by atoms with Crippen LogP contribution in [0.15, 0.2) is 47.4 Å². The van der Waals surface area contributed by atoms with E-state index in [0.717, 1.165) is 11.1 Å². The highest BCUT2D eigenvalue weighted by Crippen LogP contribution is 2.24. The van der Waals surface area contributed by atoms with Crippen LogP contribution in [0, 0.1) is 6.92 Å². The lowest BCUT2D eigenvalue weighted by Crippen LogP contribution is -2.43. The standard InChI is InChI=1S/C21H23N3O5S/c1-14-2-4-15(5-3-14)19(24-8-10-29-11-9-24)13-22-30(27,28)16-6-7-17-18(12-16)21(26)23-20(17)25/h2-7,12,19,22H,8-11,13H2,1H3,(H,23,25,26). The fourth-order valence-electron chi connectivity index (χ4n) is 3.72. The van der Waals surface area contributed by atoms with Gasteiger partial charge >= 0.3 is 0 Å². The van der Waals surface area contributed by atoms with E-state index in [4.69, 9.17) is 4.74 Å². The second kappa shape index (κ2) is 8.27. The van der Waals surface area contributed by atoms with Crippen molar-refractivity contribution in [3.63, 3.8) is 0 Å². The molecule has 0 spiro atoms. The normalized spacial score (nSPS) is 18.2. The Kier molecular flexibility index (Phi) is 5.70. The van der Waals surface area contributed by atoms with Crippen molar-refractivity contribution in [2.24, 2.45) is 0 Å². The van der Waals surface area contributed by atoms with Crippen molar-refractivity contribution >= 4 is 21.8 Å². The lowest BCUT2D eigenvalue weighted by molar-refractivity contribution is 0.0172. The minimum absolute atomic E-state index is 0.0456. The molecule has 8 nitrogen and oxygen atoms in total. The van der Waals surface area contributed by atoms with Gasteiger partial charge in [-0.15, -0.1) is 0 Å². The molecule has 0 radical (unpaired) electrons. The predicted octanol–water partition coefficient (Wildman–Crippen LogP) is 1.23. The maximum absolute atomic E-state index is 12.9. The molecule has 1 unspecified atom stereocenters. The number of morpholine rings is 1. The smallest absolute Gasteiger partial charge is 0.258 e. The number of benzene rings is 2. The van der Waals surface area contributed by atoms with Gasteiger partial charge in [-0.2, -0.15) is 0 Å². The SMILES string of the molecule is Cc1ccc(C(CNS(=O)(=O)c2ccc3c(c2)C(=O)NC3=O)N2CCOCC2)cc1. The van der Waals surface area contributed by atoms with E-state index in [9.17, 15) is 18.0 Å². The highest BCUT2D eigenvalue weighted by Gasteiger charge is 2.30. The predicted molar refractivity (Wildman–Crippen MR) is 110 cm³/mol. The van der Waals surface area contributed by atoms with E-state index < -0.39 is 21.8 Å². The Morgan fingerprint density at radius 2 is 1.70 bits per heavy atom. The Morgan fingerprint density at radius 3 is 2.40 bits per heavy atom. The lowest BCUT2D eigenvalue weighted by Gasteiger charge is -2.35. The molecule has 30 heavy (non-hydrogen) atoms. The zero-order valence-electron chi connectivity index (χ0n) is 16.6. The van der Waals surface area contributed by atoms with Gasteiger partial charge in [-0.25, -0.2) is 13.1 Å². The molecule has 2 aromatic rings. The molecule has 4 rings (SSSR count). The Hall–Kier alpha value is -2.59. The highest BCUT2D eigenvalue weighted by molar-refractivity contribution is 7.89. The number of rotatable bonds is 6. The van der Waals surface area contributed by atoms with Crippen LogP contribution in [0.2, 0.25) is 0 Å². The number of amides is 2. The number of carbonyl (C=O) groups is 2. The molecule has 0 aliphatic carbocycles. The van der Waals surface area contributed by atoms with E-state index in [2.05, 4.69) is 14.9 Å². The molecule has 1 fully saturated rings. The summed E-state index contributed by atoms with van der Waals surface area (Å²) < 4.78 is 34.0. The summed E-state index contributed by atoms with van der Waals surface area (Å²) in [5.74, 6) is -1.10. The molecule has 0 saturated carbocycles. The van der Waals surface area contributed by atoms with Crippen LogP contribution in [-0.2, 0) is 14.8 Å². The summed E-state index contributed by atoms with van der Waals surface area (Å²) in [5.41, 5.74) is 2.41. The van der Waals surface area contributed by atoms with Gasteiger partial charge in [-0.1, -0.05) is 29.8 Å². The summed E-state index contributed by atoms with van der Waals surface area (Å²) in [4.78, 5) is 25.7. The molecule has 9 heteroatoms. The second-order valence-corrected chi connectivity index (χ2v) is 9.18. The van der Waals surface area contributed by atoms with Crippen molar-refractivity contribution < 1.29 is 22.7 Å². The molecule has 2 aromatic carbocycles. The average molecular weight is 429 g/mol. The molecular weight excluding hydrogens is 406 g/mol. The van der Waals surface area contributed by atoms with Gasteiger partial charge in [-0.05, 0) is 30.7 Å². The quantitative estimate of drug-likeness (QED) is 0.670. The molecule has 2 aliphatic rings. The summed E-state index contributed by atoms with van der Waals surface area (Å²) >= 11 is 0. The van der Waals surface area contributed by atoms with Crippen LogP contribution in [0.3, 0.4) is 0 Å². The van der Waals surface area contributed by atoms with Crippen LogP contribution in [0.4, 0.5) is 0 Å². The molecule has 1 atom stereocenters. The molecule has 0 aromatic heterocycles. The number of nitrogens with zero attached hydrogens (tertiary/aromatic N) is 1. The van der Waals surface area contributed by atoms with Crippen LogP contribution < -0.4 is 10.0 Å². The number of hydrogen-bond donors (Lipinski definition) is 2. The Labute approximate surface area is 175 Å². The van der Waals surface area contributed by atoms with E-state index >= 15 is 0 Å². The number of imide groups is 1. The summed E-state index contributed by atoms with van der Waals surface area (Å²) in [6.07, 6.45) is 0. The largest absolute Gasteiger partial charge is 0.379 e. The van der Waals surface area contributed by atoms with E-state index in [-0.39, 0.29) is 28.6 Å². The van der Waals surface area contributed by atoms with E-state index in [1.807, 2.05) is 31.2 Å². The van der Waals surface area contributed by atoms with Crippen LogP contribution in [-0.4, -0.2) is 58.0 Å². The topological polar surface area (TPSA) is 105 Å². The van der Waals surface area contributed by atoms with Gasteiger partial charge in [0, 0.05) is 25.7 Å². The van der Waals surface area contributed by atoms with Gasteiger partial charge < -0.3 is 4.74 Å². The summed E-state index contributed by atoms with van der Waals surface area (Å²) in [7, 11) is -3.87. The first-order valence-corrected chi connectivity index (χ1v) is 11.2. The molecule has 158 valence electrons. The molecule has 2 amide bonds. The molecule has 2 heterocycles. The third-order valence-corrected chi connectivity index (χ3v) is 6.85. The first-order chi connectivity index (χ1) is 14.3. The zero-order valence-corrected chi connectivity index (χ0v) is 17.4. The highest BCUT2D eigenvalue weighted by atomic mass is 32.2. The van der Waals surface area contributed by atoms with E-state index in [1.165, 1.54) is 18.2 Å². The lowest BCUT2D eigenvalue weighted by atomic mass is 10.0. The van der Waals surface area contributed by atoms with Crippen LogP contribution in [0.1, 0.15) is 37.9 Å². The van der Waals surface area contributed by atoms with Crippen molar-refractivity contribution in [2.75, 3.05) is 32.8 Å². The second-order valence-electron chi connectivity index (χ2n) is 7.42. The van der Waals surface area contributed by atoms with Crippen LogP contribution in [0.25, 0.3) is 0 Å². The first kappa shape index (κ1) is 20.7. The van der Waals surface area contributed by atoms with Crippen molar-refractivity contribution in [3.05, 3.63) is 64.7 Å². The molecule has 1 saturated heterocycles. The van der Waals surface area contributed by atoms with E-state index in [0.29, 0.717) is 26.3 Å². The van der Waals surface area contributed by atoms with Gasteiger partial charge in [-0.3, -0.25) is 19.8 Å². The van der Waals surface area contributed by atoms with Crippen molar-refractivity contribution in [1.82, 2.24) is 14.9 Å². The van der Waals surface area contributed by atoms with Crippen molar-refractivity contribution in [3.8, 4) is 0 Å². The number of ether oxygens (including phenoxy) is 1. The van der Waals surface area contributed by atoms with Crippen LogP contribution in [0.5, 0.6) is 0 Å². The third kappa shape index (κ3) is 4.15. The summed E-state index contributed by atoms with van der Waals surface area (Å²) in [6, 6.07) is 11.8. The summed E-state index contributed by atoms with van der Waals surface area (Å²) in [5, 5.41) is 2.17. The molecule has 2 N–H and O–H groups in total. The van der Waals surface area contributed by atoms with Gasteiger partial charge in [0.15, 0.2) is 0 Å². The minimum Gasteiger partial charge on any atom is -0.379 e. The monoisotopic (exact) mass is 429 g/mol. The fourth-order valence-corrected chi connectivity index (χ4v) is 4.79. The zero-order chi connectivity index (χ0) is 21.3. The van der Waals surface area contributed by atoms with E-state index in [1.54, 1.807) is 0 Å². The maximum atomic E-state index is 12.9. The number of carbonyl (C=O) groups excluding carboxylic acids is 2.